The third kappa shape index (κ3) is 3.73. The number of nitrogens with two attached hydrogens (primary N) is 1. The van der Waals surface area contributed by atoms with Crippen LogP contribution in [0.2, 0.25) is 0 Å². The molecule has 5 heteroatoms. The Balaban J connectivity index is 2.29. The van der Waals surface area contributed by atoms with E-state index >= 15 is 0 Å². The van der Waals surface area contributed by atoms with Gasteiger partial charge in [-0.3, -0.25) is 4.79 Å². The zero-order valence-electron chi connectivity index (χ0n) is 10.1. The Bertz CT molecular complexity index is 229. The van der Waals surface area contributed by atoms with E-state index in [1.165, 1.54) is 0 Å². The van der Waals surface area contributed by atoms with Crippen molar-refractivity contribution in [2.45, 2.75) is 38.3 Å². The SMILES string of the molecule is CCNC(C)(COCC1CCCO1)C(N)=O. The van der Waals surface area contributed by atoms with Crippen LogP contribution in [-0.2, 0) is 14.3 Å². The molecular weight excluding hydrogens is 208 g/mol. The molecule has 0 bridgehead atoms. The Morgan fingerprint density at radius 1 is 1.69 bits per heavy atom. The van der Waals surface area contributed by atoms with Gasteiger partial charge >= 0.3 is 0 Å². The highest BCUT2D eigenvalue weighted by Crippen LogP contribution is 2.13. The Morgan fingerprint density at radius 3 is 2.94 bits per heavy atom. The normalized spacial score (nSPS) is 24.2. The summed E-state index contributed by atoms with van der Waals surface area (Å²) in [5.41, 5.74) is 4.55. The molecule has 2 atom stereocenters. The molecule has 3 N–H and O–H groups in total. The van der Waals surface area contributed by atoms with Gasteiger partial charge in [0.25, 0.3) is 0 Å². The predicted octanol–water partition coefficient (Wildman–Crippen LogP) is 0.0355. The lowest BCUT2D eigenvalue weighted by Gasteiger charge is -2.27. The third-order valence-corrected chi connectivity index (χ3v) is 2.83. The lowest BCUT2D eigenvalue weighted by atomic mass is 10.0. The number of ether oxygens (including phenoxy) is 2. The van der Waals surface area contributed by atoms with Gasteiger partial charge in [-0.15, -0.1) is 0 Å². The van der Waals surface area contributed by atoms with Crippen molar-refractivity contribution in [1.82, 2.24) is 5.32 Å². The molecule has 1 rings (SSSR count). The highest BCUT2D eigenvalue weighted by Gasteiger charge is 2.30. The maximum absolute atomic E-state index is 11.3. The van der Waals surface area contributed by atoms with Crippen LogP contribution < -0.4 is 11.1 Å². The van der Waals surface area contributed by atoms with Gasteiger partial charge in [0.05, 0.1) is 19.3 Å². The van der Waals surface area contributed by atoms with E-state index in [-0.39, 0.29) is 18.6 Å². The van der Waals surface area contributed by atoms with Gasteiger partial charge in [-0.25, -0.2) is 0 Å². The summed E-state index contributed by atoms with van der Waals surface area (Å²) in [7, 11) is 0. The van der Waals surface area contributed by atoms with Crippen LogP contribution >= 0.6 is 0 Å². The summed E-state index contributed by atoms with van der Waals surface area (Å²) in [6.07, 6.45) is 2.31. The maximum Gasteiger partial charge on any atom is 0.239 e. The zero-order chi connectivity index (χ0) is 12.0. The lowest BCUT2D eigenvalue weighted by Crippen LogP contribution is -2.56. The van der Waals surface area contributed by atoms with E-state index in [1.54, 1.807) is 6.92 Å². The summed E-state index contributed by atoms with van der Waals surface area (Å²) in [5, 5.41) is 3.04. The average molecular weight is 230 g/mol. The Hall–Kier alpha value is -0.650. The molecule has 0 aromatic rings. The smallest absolute Gasteiger partial charge is 0.239 e. The van der Waals surface area contributed by atoms with Crippen LogP contribution in [0.4, 0.5) is 0 Å². The number of likely N-dealkylation sites (N-methyl/N-ethyl adjacent to an activating group) is 1. The molecule has 2 unspecified atom stereocenters. The Morgan fingerprint density at radius 2 is 2.44 bits per heavy atom. The van der Waals surface area contributed by atoms with E-state index in [0.717, 1.165) is 19.4 Å². The van der Waals surface area contributed by atoms with Gasteiger partial charge in [-0.1, -0.05) is 6.92 Å². The average Bonchev–Trinajstić information content (AvgIpc) is 2.70. The highest BCUT2D eigenvalue weighted by molar-refractivity contribution is 5.84. The van der Waals surface area contributed by atoms with E-state index in [0.29, 0.717) is 13.2 Å². The van der Waals surface area contributed by atoms with Crippen LogP contribution in [0.5, 0.6) is 0 Å². The van der Waals surface area contributed by atoms with Crippen molar-refractivity contribution < 1.29 is 14.3 Å². The predicted molar refractivity (Wildman–Crippen MR) is 61.1 cm³/mol. The van der Waals surface area contributed by atoms with Crippen molar-refractivity contribution in [3.63, 3.8) is 0 Å². The van der Waals surface area contributed by atoms with E-state index in [9.17, 15) is 4.79 Å². The van der Waals surface area contributed by atoms with Crippen molar-refractivity contribution in [2.24, 2.45) is 5.73 Å². The second kappa shape index (κ2) is 6.18. The fourth-order valence-corrected chi connectivity index (χ4v) is 1.77. The van der Waals surface area contributed by atoms with Crippen LogP contribution in [0.25, 0.3) is 0 Å². The first-order valence-corrected chi connectivity index (χ1v) is 5.83. The van der Waals surface area contributed by atoms with E-state index in [2.05, 4.69) is 5.32 Å². The molecule has 0 radical (unpaired) electrons. The van der Waals surface area contributed by atoms with Crippen molar-refractivity contribution in [2.75, 3.05) is 26.4 Å². The number of carbonyl (C=O) groups excluding carboxylic acids is 1. The number of amides is 1. The zero-order valence-corrected chi connectivity index (χ0v) is 10.1. The molecular formula is C11H22N2O3. The first kappa shape index (κ1) is 13.4. The molecule has 1 fully saturated rings. The first-order valence-electron chi connectivity index (χ1n) is 5.83. The van der Waals surface area contributed by atoms with Gasteiger partial charge < -0.3 is 20.5 Å². The standard InChI is InChI=1S/C11H22N2O3/c1-3-13-11(2,10(12)14)8-15-7-9-5-4-6-16-9/h9,13H,3-8H2,1-2H3,(H2,12,14). The second-order valence-corrected chi connectivity index (χ2v) is 4.38. The molecule has 0 saturated carbocycles. The maximum atomic E-state index is 11.3. The third-order valence-electron chi connectivity index (χ3n) is 2.83. The summed E-state index contributed by atoms with van der Waals surface area (Å²) in [6.45, 7) is 6.01. The van der Waals surface area contributed by atoms with Gasteiger partial charge in [0.15, 0.2) is 0 Å². The van der Waals surface area contributed by atoms with Crippen molar-refractivity contribution in [1.29, 1.82) is 0 Å². The van der Waals surface area contributed by atoms with E-state index in [4.69, 9.17) is 15.2 Å². The highest BCUT2D eigenvalue weighted by atomic mass is 16.5. The second-order valence-electron chi connectivity index (χ2n) is 4.38. The molecule has 5 nitrogen and oxygen atoms in total. The molecule has 1 aliphatic heterocycles. The fourth-order valence-electron chi connectivity index (χ4n) is 1.77. The molecule has 1 aliphatic rings. The molecule has 94 valence electrons. The molecule has 0 spiro atoms. The minimum atomic E-state index is -0.784. The Kier molecular flexibility index (Phi) is 5.18. The van der Waals surface area contributed by atoms with Crippen molar-refractivity contribution in [3.05, 3.63) is 0 Å². The van der Waals surface area contributed by atoms with Crippen LogP contribution in [0.1, 0.15) is 26.7 Å². The van der Waals surface area contributed by atoms with Gasteiger partial charge in [0, 0.05) is 6.61 Å². The summed E-state index contributed by atoms with van der Waals surface area (Å²) < 4.78 is 10.9. The van der Waals surface area contributed by atoms with Crippen LogP contribution in [0, 0.1) is 0 Å². The Labute approximate surface area is 96.7 Å². The largest absolute Gasteiger partial charge is 0.376 e. The molecule has 1 saturated heterocycles. The number of hydrogen-bond acceptors (Lipinski definition) is 4. The topological polar surface area (TPSA) is 73.6 Å². The molecule has 16 heavy (non-hydrogen) atoms. The van der Waals surface area contributed by atoms with Gasteiger partial charge in [0.2, 0.25) is 5.91 Å². The van der Waals surface area contributed by atoms with Crippen LogP contribution in [0.15, 0.2) is 0 Å². The number of carbonyl (C=O) groups is 1. The monoisotopic (exact) mass is 230 g/mol. The van der Waals surface area contributed by atoms with E-state index in [1.807, 2.05) is 6.92 Å². The molecule has 0 aromatic heterocycles. The van der Waals surface area contributed by atoms with Crippen LogP contribution in [-0.4, -0.2) is 43.9 Å². The summed E-state index contributed by atoms with van der Waals surface area (Å²) in [6, 6.07) is 0. The first-order chi connectivity index (χ1) is 7.58. The minimum absolute atomic E-state index is 0.179. The summed E-state index contributed by atoms with van der Waals surface area (Å²) >= 11 is 0. The number of rotatable bonds is 7. The summed E-state index contributed by atoms with van der Waals surface area (Å²) in [5.74, 6) is -0.387. The lowest BCUT2D eigenvalue weighted by molar-refractivity contribution is -0.127. The minimum Gasteiger partial charge on any atom is -0.376 e. The van der Waals surface area contributed by atoms with E-state index < -0.39 is 5.54 Å². The fraction of sp³-hybridized carbons (Fsp3) is 0.909. The van der Waals surface area contributed by atoms with Gasteiger partial charge in [0.1, 0.15) is 5.54 Å². The molecule has 0 aliphatic carbocycles. The van der Waals surface area contributed by atoms with Crippen LogP contribution in [0.3, 0.4) is 0 Å². The summed E-state index contributed by atoms with van der Waals surface area (Å²) in [4.78, 5) is 11.3. The molecule has 1 amide bonds. The number of hydrogen-bond donors (Lipinski definition) is 2. The molecule has 1 heterocycles. The van der Waals surface area contributed by atoms with Gasteiger partial charge in [-0.05, 0) is 26.3 Å². The van der Waals surface area contributed by atoms with Crippen molar-refractivity contribution in [3.8, 4) is 0 Å². The quantitative estimate of drug-likeness (QED) is 0.647. The van der Waals surface area contributed by atoms with Gasteiger partial charge in [-0.2, -0.15) is 0 Å². The number of nitrogens with one attached hydrogen (secondary N) is 1. The van der Waals surface area contributed by atoms with Crippen molar-refractivity contribution >= 4 is 5.91 Å². The molecule has 0 aromatic carbocycles. The number of primary amides is 1.